The molecule has 1 heterocycles. The maximum Gasteiger partial charge on any atom is 0.390 e. The lowest BCUT2D eigenvalue weighted by Gasteiger charge is -2.35. The van der Waals surface area contributed by atoms with Gasteiger partial charge >= 0.3 is 6.18 Å². The summed E-state index contributed by atoms with van der Waals surface area (Å²) in [5.41, 5.74) is 1.73. The predicted octanol–water partition coefficient (Wildman–Crippen LogP) is 4.59. The van der Waals surface area contributed by atoms with Gasteiger partial charge in [0.15, 0.2) is 0 Å². The van der Waals surface area contributed by atoms with Crippen molar-refractivity contribution in [1.82, 2.24) is 10.2 Å². The van der Waals surface area contributed by atoms with Gasteiger partial charge < -0.3 is 10.1 Å². The van der Waals surface area contributed by atoms with E-state index in [1.165, 1.54) is 0 Å². The van der Waals surface area contributed by atoms with E-state index in [0.717, 1.165) is 5.56 Å². The van der Waals surface area contributed by atoms with Gasteiger partial charge in [-0.3, -0.25) is 4.90 Å². The highest BCUT2D eigenvalue weighted by molar-refractivity contribution is 5.85. The van der Waals surface area contributed by atoms with Gasteiger partial charge in [-0.25, -0.2) is 0 Å². The van der Waals surface area contributed by atoms with E-state index in [4.69, 9.17) is 4.74 Å². The van der Waals surface area contributed by atoms with Crippen LogP contribution in [0.3, 0.4) is 0 Å². The van der Waals surface area contributed by atoms with Crippen LogP contribution in [0.4, 0.5) is 13.2 Å². The Bertz CT molecular complexity index is 674. The Morgan fingerprint density at radius 2 is 1.59 bits per heavy atom. The van der Waals surface area contributed by atoms with Crippen molar-refractivity contribution < 1.29 is 17.9 Å². The normalized spacial score (nSPS) is 16.4. The smallest absolute Gasteiger partial charge is 0.390 e. The quantitative estimate of drug-likeness (QED) is 0.767. The second-order valence-corrected chi connectivity index (χ2v) is 6.46. The average Bonchev–Trinajstić information content (AvgIpc) is 2.66. The minimum absolute atomic E-state index is 0. The standard InChI is InChI=1S/C20H23F3N2O.ClH/c21-20(22,23)14-19(25-12-10-24-11-13-25)17-6-8-18(9-7-17)26-15-16-4-2-1-3-5-16;/h1-9,19,24H,10-15H2;1H/t19-;/m0./s1. The maximum absolute atomic E-state index is 13.1. The van der Waals surface area contributed by atoms with Crippen LogP contribution in [0, 0.1) is 0 Å². The molecule has 3 rings (SSSR count). The van der Waals surface area contributed by atoms with Gasteiger partial charge in [-0.2, -0.15) is 13.2 Å². The lowest BCUT2D eigenvalue weighted by Crippen LogP contribution is -2.46. The van der Waals surface area contributed by atoms with Gasteiger partial charge in [0.25, 0.3) is 0 Å². The molecule has 0 radical (unpaired) electrons. The molecule has 1 saturated heterocycles. The second kappa shape index (κ2) is 9.97. The van der Waals surface area contributed by atoms with Crippen LogP contribution in [0.1, 0.15) is 23.6 Å². The number of rotatable bonds is 6. The third-order valence-electron chi connectivity index (χ3n) is 4.53. The summed E-state index contributed by atoms with van der Waals surface area (Å²) in [4.78, 5) is 1.91. The molecule has 0 saturated carbocycles. The molecule has 0 aliphatic carbocycles. The highest BCUT2D eigenvalue weighted by atomic mass is 35.5. The summed E-state index contributed by atoms with van der Waals surface area (Å²) in [7, 11) is 0. The maximum atomic E-state index is 13.1. The minimum atomic E-state index is -4.20. The van der Waals surface area contributed by atoms with Crippen LogP contribution in [0.5, 0.6) is 5.75 Å². The third-order valence-corrected chi connectivity index (χ3v) is 4.53. The number of nitrogens with one attached hydrogen (secondary N) is 1. The fraction of sp³-hybridized carbons (Fsp3) is 0.400. The topological polar surface area (TPSA) is 24.5 Å². The van der Waals surface area contributed by atoms with Gasteiger partial charge in [-0.05, 0) is 23.3 Å². The summed E-state index contributed by atoms with van der Waals surface area (Å²) in [6.45, 7) is 3.10. The Hall–Kier alpha value is -1.76. The molecule has 0 aromatic heterocycles. The van der Waals surface area contributed by atoms with Crippen molar-refractivity contribution in [3.63, 3.8) is 0 Å². The molecular weight excluding hydrogens is 377 g/mol. The van der Waals surface area contributed by atoms with Crippen molar-refractivity contribution in [2.24, 2.45) is 0 Å². The molecule has 0 unspecified atom stereocenters. The zero-order valence-corrected chi connectivity index (χ0v) is 15.7. The summed E-state index contributed by atoms with van der Waals surface area (Å²) in [6, 6.07) is 16.1. The first-order valence-electron chi connectivity index (χ1n) is 8.79. The highest BCUT2D eigenvalue weighted by Gasteiger charge is 2.35. The Morgan fingerprint density at radius 3 is 2.19 bits per heavy atom. The molecule has 27 heavy (non-hydrogen) atoms. The molecule has 7 heteroatoms. The molecule has 0 bridgehead atoms. The molecule has 3 nitrogen and oxygen atoms in total. The van der Waals surface area contributed by atoms with Crippen molar-refractivity contribution in [2.75, 3.05) is 26.2 Å². The van der Waals surface area contributed by atoms with Crippen molar-refractivity contribution in [3.05, 3.63) is 65.7 Å². The van der Waals surface area contributed by atoms with E-state index < -0.39 is 18.6 Å². The average molecular weight is 401 g/mol. The van der Waals surface area contributed by atoms with E-state index in [1.54, 1.807) is 24.3 Å². The lowest BCUT2D eigenvalue weighted by atomic mass is 10.0. The molecule has 1 aliphatic heterocycles. The number of ether oxygens (including phenoxy) is 1. The number of piperazine rings is 1. The summed E-state index contributed by atoms with van der Waals surface area (Å²) in [5.74, 6) is 0.656. The van der Waals surface area contributed by atoms with Crippen LogP contribution in [0.25, 0.3) is 0 Å². The summed E-state index contributed by atoms with van der Waals surface area (Å²) in [5, 5.41) is 3.18. The first kappa shape index (κ1) is 21.5. The van der Waals surface area contributed by atoms with Crippen molar-refractivity contribution in [2.45, 2.75) is 25.2 Å². The summed E-state index contributed by atoms with van der Waals surface area (Å²) >= 11 is 0. The summed E-state index contributed by atoms with van der Waals surface area (Å²) < 4.78 is 44.9. The molecule has 0 amide bonds. The van der Waals surface area contributed by atoms with Gasteiger partial charge in [0, 0.05) is 32.2 Å². The van der Waals surface area contributed by atoms with Gasteiger partial charge in [-0.1, -0.05) is 42.5 Å². The van der Waals surface area contributed by atoms with Crippen molar-refractivity contribution in [3.8, 4) is 5.75 Å². The second-order valence-electron chi connectivity index (χ2n) is 6.46. The molecule has 0 spiro atoms. The zero-order chi connectivity index (χ0) is 18.4. The van der Waals surface area contributed by atoms with Crippen molar-refractivity contribution in [1.29, 1.82) is 0 Å². The molecule has 2 aromatic rings. The van der Waals surface area contributed by atoms with Crippen LogP contribution in [0.15, 0.2) is 54.6 Å². The monoisotopic (exact) mass is 400 g/mol. The Labute approximate surface area is 163 Å². The number of benzene rings is 2. The first-order valence-corrected chi connectivity index (χ1v) is 8.79. The molecule has 1 atom stereocenters. The fourth-order valence-electron chi connectivity index (χ4n) is 3.20. The van der Waals surface area contributed by atoms with E-state index >= 15 is 0 Å². The Morgan fingerprint density at radius 1 is 0.963 bits per heavy atom. The van der Waals surface area contributed by atoms with E-state index in [2.05, 4.69) is 5.32 Å². The third kappa shape index (κ3) is 6.72. The first-order chi connectivity index (χ1) is 12.5. The van der Waals surface area contributed by atoms with Gasteiger partial charge in [0.1, 0.15) is 12.4 Å². The van der Waals surface area contributed by atoms with Crippen LogP contribution >= 0.6 is 12.4 Å². The number of hydrogen-bond donors (Lipinski definition) is 1. The molecule has 148 valence electrons. The fourth-order valence-corrected chi connectivity index (χ4v) is 3.20. The molecule has 1 fully saturated rings. The number of nitrogens with zero attached hydrogens (tertiary/aromatic N) is 1. The minimum Gasteiger partial charge on any atom is -0.489 e. The van der Waals surface area contributed by atoms with Gasteiger partial charge in [0.2, 0.25) is 0 Å². The van der Waals surface area contributed by atoms with Gasteiger partial charge in [0.05, 0.1) is 6.42 Å². The Balaban J connectivity index is 0.00000261. The molecule has 1 N–H and O–H groups in total. The van der Waals surface area contributed by atoms with E-state index in [0.29, 0.717) is 44.1 Å². The van der Waals surface area contributed by atoms with Crippen LogP contribution in [0.2, 0.25) is 0 Å². The SMILES string of the molecule is Cl.FC(F)(F)C[C@@H](c1ccc(OCc2ccccc2)cc1)N1CCNCC1. The van der Waals surface area contributed by atoms with Crippen molar-refractivity contribution >= 4 is 12.4 Å². The van der Waals surface area contributed by atoms with Crippen LogP contribution < -0.4 is 10.1 Å². The Kier molecular flexibility index (Phi) is 7.95. The highest BCUT2D eigenvalue weighted by Crippen LogP contribution is 2.34. The van der Waals surface area contributed by atoms with Crippen LogP contribution in [-0.4, -0.2) is 37.3 Å². The van der Waals surface area contributed by atoms with E-state index in [9.17, 15) is 13.2 Å². The van der Waals surface area contributed by atoms with E-state index in [-0.39, 0.29) is 12.4 Å². The van der Waals surface area contributed by atoms with Crippen LogP contribution in [-0.2, 0) is 6.61 Å². The number of halogens is 4. The molecular formula is C20H24ClF3N2O. The van der Waals surface area contributed by atoms with Gasteiger partial charge in [-0.15, -0.1) is 12.4 Å². The lowest BCUT2D eigenvalue weighted by molar-refractivity contribution is -0.148. The zero-order valence-electron chi connectivity index (χ0n) is 14.9. The predicted molar refractivity (Wildman–Crippen MR) is 102 cm³/mol. The molecule has 2 aromatic carbocycles. The number of hydrogen-bond acceptors (Lipinski definition) is 3. The largest absolute Gasteiger partial charge is 0.489 e. The molecule has 1 aliphatic rings. The summed E-state index contributed by atoms with van der Waals surface area (Å²) in [6.07, 6.45) is -5.03. The van der Waals surface area contributed by atoms with E-state index in [1.807, 2.05) is 35.2 Å². The number of alkyl halides is 3.